The van der Waals surface area contributed by atoms with Gasteiger partial charge < -0.3 is 9.47 Å². The molecule has 2 aromatic rings. The number of hydrogen-bond acceptors (Lipinski definition) is 3. The molecule has 0 saturated heterocycles. The first-order chi connectivity index (χ1) is 12.8. The Labute approximate surface area is 163 Å². The van der Waals surface area contributed by atoms with E-state index in [4.69, 9.17) is 9.47 Å². The number of benzene rings is 2. The zero-order valence-electron chi connectivity index (χ0n) is 15.8. The smallest absolute Gasteiger partial charge is 0.416 e. The van der Waals surface area contributed by atoms with Crippen molar-refractivity contribution in [3.63, 3.8) is 0 Å². The summed E-state index contributed by atoms with van der Waals surface area (Å²) in [6, 6.07) is 11.0. The zero-order chi connectivity index (χ0) is 19.9. The van der Waals surface area contributed by atoms with Crippen molar-refractivity contribution >= 4 is 11.8 Å². The molecule has 148 valence electrons. The number of halogens is 3. The lowest BCUT2D eigenvalue weighted by Crippen LogP contribution is -2.14. The van der Waals surface area contributed by atoms with Crippen LogP contribution in [-0.2, 0) is 6.18 Å². The van der Waals surface area contributed by atoms with Crippen molar-refractivity contribution in [3.05, 3.63) is 53.6 Å². The third-order valence-corrected chi connectivity index (χ3v) is 5.44. The van der Waals surface area contributed by atoms with E-state index in [9.17, 15) is 13.2 Å². The second-order valence-corrected chi connectivity index (χ2v) is 7.52. The molecule has 0 aliphatic heterocycles. The van der Waals surface area contributed by atoms with Gasteiger partial charge in [-0.05, 0) is 61.4 Å². The summed E-state index contributed by atoms with van der Waals surface area (Å²) in [6.07, 6.45) is -2.29. The van der Waals surface area contributed by atoms with Crippen molar-refractivity contribution < 1.29 is 22.6 Å². The highest BCUT2D eigenvalue weighted by Gasteiger charge is 2.30. The standard InChI is InChI=1S/C21H25F3O2S/c1-4-5-16(14-27-19-10-11-20(25-3)15(2)12-19)13-26-18-8-6-17(7-9-18)21(22,23)24/h6-12,16H,4-5,13-14H2,1-3H3. The average molecular weight is 398 g/mol. The van der Waals surface area contributed by atoms with Gasteiger partial charge in [0, 0.05) is 16.6 Å². The molecule has 1 unspecified atom stereocenters. The van der Waals surface area contributed by atoms with Gasteiger partial charge in [-0.3, -0.25) is 0 Å². The van der Waals surface area contributed by atoms with Crippen LogP contribution in [0.3, 0.4) is 0 Å². The van der Waals surface area contributed by atoms with Gasteiger partial charge in [0.2, 0.25) is 0 Å². The fourth-order valence-corrected chi connectivity index (χ4v) is 3.85. The highest BCUT2D eigenvalue weighted by atomic mass is 32.2. The van der Waals surface area contributed by atoms with Gasteiger partial charge in [-0.15, -0.1) is 11.8 Å². The Morgan fingerprint density at radius 3 is 2.33 bits per heavy atom. The van der Waals surface area contributed by atoms with Crippen LogP contribution in [0.15, 0.2) is 47.4 Å². The monoisotopic (exact) mass is 398 g/mol. The number of thioether (sulfide) groups is 1. The minimum Gasteiger partial charge on any atom is -0.496 e. The van der Waals surface area contributed by atoms with E-state index in [0.717, 1.165) is 42.0 Å². The van der Waals surface area contributed by atoms with Crippen LogP contribution in [0, 0.1) is 12.8 Å². The van der Waals surface area contributed by atoms with E-state index < -0.39 is 11.7 Å². The van der Waals surface area contributed by atoms with Crippen LogP contribution in [-0.4, -0.2) is 19.5 Å². The summed E-state index contributed by atoms with van der Waals surface area (Å²) in [6.45, 7) is 4.62. The summed E-state index contributed by atoms with van der Waals surface area (Å²) in [5.74, 6) is 2.55. The summed E-state index contributed by atoms with van der Waals surface area (Å²) in [4.78, 5) is 1.17. The molecule has 1 atom stereocenters. The average Bonchev–Trinajstić information content (AvgIpc) is 2.63. The molecule has 0 N–H and O–H groups in total. The molecule has 6 heteroatoms. The number of hydrogen-bond donors (Lipinski definition) is 0. The van der Waals surface area contributed by atoms with Crippen LogP contribution < -0.4 is 9.47 Å². The van der Waals surface area contributed by atoms with Gasteiger partial charge in [0.1, 0.15) is 11.5 Å². The van der Waals surface area contributed by atoms with E-state index in [1.54, 1.807) is 18.9 Å². The normalized spacial score (nSPS) is 12.7. The van der Waals surface area contributed by atoms with Crippen molar-refractivity contribution in [1.29, 1.82) is 0 Å². The first-order valence-corrected chi connectivity index (χ1v) is 9.89. The Morgan fingerprint density at radius 1 is 1.07 bits per heavy atom. The minimum absolute atomic E-state index is 0.324. The summed E-state index contributed by atoms with van der Waals surface area (Å²) in [7, 11) is 1.66. The van der Waals surface area contributed by atoms with E-state index in [1.165, 1.54) is 17.0 Å². The van der Waals surface area contributed by atoms with Gasteiger partial charge in [0.25, 0.3) is 0 Å². The van der Waals surface area contributed by atoms with Crippen molar-refractivity contribution in [2.24, 2.45) is 5.92 Å². The molecule has 0 saturated carbocycles. The quantitative estimate of drug-likeness (QED) is 0.443. The minimum atomic E-state index is -4.32. The molecule has 0 spiro atoms. The van der Waals surface area contributed by atoms with Crippen LogP contribution in [0.5, 0.6) is 11.5 Å². The summed E-state index contributed by atoms with van der Waals surface area (Å²) in [5, 5.41) is 0. The summed E-state index contributed by atoms with van der Waals surface area (Å²) in [5.41, 5.74) is 0.431. The van der Waals surface area contributed by atoms with E-state index in [0.29, 0.717) is 18.3 Å². The van der Waals surface area contributed by atoms with Gasteiger partial charge in [-0.1, -0.05) is 13.3 Å². The highest BCUT2D eigenvalue weighted by Crippen LogP contribution is 2.31. The third-order valence-electron chi connectivity index (χ3n) is 4.22. The third kappa shape index (κ3) is 6.69. The largest absolute Gasteiger partial charge is 0.496 e. The Kier molecular flexibility index (Phi) is 7.90. The predicted octanol–water partition coefficient (Wildman–Crippen LogP) is 6.61. The van der Waals surface area contributed by atoms with Crippen LogP contribution >= 0.6 is 11.8 Å². The van der Waals surface area contributed by atoms with Crippen molar-refractivity contribution in [1.82, 2.24) is 0 Å². The second kappa shape index (κ2) is 9.93. The van der Waals surface area contributed by atoms with Crippen LogP contribution in [0.4, 0.5) is 13.2 Å². The van der Waals surface area contributed by atoms with Gasteiger partial charge in [-0.2, -0.15) is 13.2 Å². The number of methoxy groups -OCH3 is 1. The molecule has 0 bridgehead atoms. The molecular weight excluding hydrogens is 373 g/mol. The molecule has 0 aliphatic rings. The van der Waals surface area contributed by atoms with E-state index in [2.05, 4.69) is 13.0 Å². The van der Waals surface area contributed by atoms with Crippen LogP contribution in [0.2, 0.25) is 0 Å². The van der Waals surface area contributed by atoms with E-state index in [1.807, 2.05) is 19.1 Å². The van der Waals surface area contributed by atoms with E-state index in [-0.39, 0.29) is 0 Å². The zero-order valence-corrected chi connectivity index (χ0v) is 16.6. The van der Waals surface area contributed by atoms with Crippen molar-refractivity contribution in [3.8, 4) is 11.5 Å². The van der Waals surface area contributed by atoms with E-state index >= 15 is 0 Å². The molecule has 0 amide bonds. The highest BCUT2D eigenvalue weighted by molar-refractivity contribution is 7.99. The maximum atomic E-state index is 12.6. The number of aryl methyl sites for hydroxylation is 1. The first-order valence-electron chi connectivity index (χ1n) is 8.91. The predicted molar refractivity (Wildman–Crippen MR) is 104 cm³/mol. The number of rotatable bonds is 9. The summed E-state index contributed by atoms with van der Waals surface area (Å²) < 4.78 is 48.9. The SMILES string of the molecule is CCCC(COc1ccc(C(F)(F)F)cc1)CSc1ccc(OC)c(C)c1. The Morgan fingerprint density at radius 2 is 1.78 bits per heavy atom. The molecule has 0 fully saturated rings. The van der Waals surface area contributed by atoms with Gasteiger partial charge >= 0.3 is 6.18 Å². The van der Waals surface area contributed by atoms with Crippen LogP contribution in [0.25, 0.3) is 0 Å². The molecule has 0 heterocycles. The Hall–Kier alpha value is -1.82. The fourth-order valence-electron chi connectivity index (χ4n) is 2.73. The fraction of sp³-hybridized carbons (Fsp3) is 0.429. The van der Waals surface area contributed by atoms with Crippen molar-refractivity contribution in [2.45, 2.75) is 37.8 Å². The molecule has 2 aromatic carbocycles. The lowest BCUT2D eigenvalue weighted by molar-refractivity contribution is -0.137. The second-order valence-electron chi connectivity index (χ2n) is 6.43. The lowest BCUT2D eigenvalue weighted by Gasteiger charge is -2.17. The molecule has 0 aliphatic carbocycles. The first kappa shape index (κ1) is 21.5. The van der Waals surface area contributed by atoms with Gasteiger partial charge in [0.15, 0.2) is 0 Å². The molecule has 27 heavy (non-hydrogen) atoms. The molecule has 2 rings (SSSR count). The maximum Gasteiger partial charge on any atom is 0.416 e. The molecular formula is C21H25F3O2S. The molecule has 0 radical (unpaired) electrons. The number of alkyl halides is 3. The van der Waals surface area contributed by atoms with Crippen LogP contribution in [0.1, 0.15) is 30.9 Å². The summed E-state index contributed by atoms with van der Waals surface area (Å²) >= 11 is 1.76. The molecule has 0 aromatic heterocycles. The Balaban J connectivity index is 1.90. The number of ether oxygens (including phenoxy) is 2. The Bertz CT molecular complexity index is 714. The van der Waals surface area contributed by atoms with Gasteiger partial charge in [-0.25, -0.2) is 0 Å². The molecule has 2 nitrogen and oxygen atoms in total. The van der Waals surface area contributed by atoms with Gasteiger partial charge in [0.05, 0.1) is 19.3 Å². The maximum absolute atomic E-state index is 12.6. The topological polar surface area (TPSA) is 18.5 Å². The lowest BCUT2D eigenvalue weighted by atomic mass is 10.1. The van der Waals surface area contributed by atoms with Crippen molar-refractivity contribution in [2.75, 3.05) is 19.5 Å².